The number of nitrogens with zero attached hydrogens (tertiary/aromatic N) is 4. The quantitative estimate of drug-likeness (QED) is 0.0833. The van der Waals surface area contributed by atoms with Crippen LogP contribution in [-0.2, 0) is 23.9 Å². The SMILES string of the molecule is C=C(OC)[C@H]1C[C@@H](c2ncc(-c3ccc(-c4ccc(-c5cnc([C@@H]6CCCN6C(=O)[C@@H](NC(=O)OC)C(C)C)[nH]5)cc4)cc3)[nH]2)N(C(=O)[C@H](NC(=O)C2CC2)c2ccccc2)C1. The topological polar surface area (TPSA) is 175 Å². The predicted molar refractivity (Wildman–Crippen MR) is 234 cm³/mol. The smallest absolute Gasteiger partial charge is 0.407 e. The van der Waals surface area contributed by atoms with E-state index in [1.807, 2.05) is 68.4 Å². The molecule has 4 N–H and O–H groups in total. The van der Waals surface area contributed by atoms with E-state index in [4.69, 9.17) is 14.5 Å². The zero-order valence-corrected chi connectivity index (χ0v) is 35.6. The molecule has 14 heteroatoms. The first-order valence-electron chi connectivity index (χ1n) is 21.4. The maximum atomic E-state index is 14.4. The third-order valence-electron chi connectivity index (χ3n) is 12.4. The molecular formula is C48H54N8O6. The monoisotopic (exact) mass is 838 g/mol. The lowest BCUT2D eigenvalue weighted by Gasteiger charge is -2.30. The van der Waals surface area contributed by atoms with Crippen LogP contribution in [0.2, 0.25) is 0 Å². The number of aromatic amines is 2. The molecule has 3 fully saturated rings. The summed E-state index contributed by atoms with van der Waals surface area (Å²) in [6.45, 7) is 8.89. The molecule has 62 heavy (non-hydrogen) atoms. The van der Waals surface area contributed by atoms with E-state index in [-0.39, 0.29) is 47.6 Å². The van der Waals surface area contributed by atoms with Crippen LogP contribution in [0.3, 0.4) is 0 Å². The van der Waals surface area contributed by atoms with Gasteiger partial charge < -0.3 is 39.9 Å². The molecule has 4 heterocycles. The minimum Gasteiger partial charge on any atom is -0.501 e. The van der Waals surface area contributed by atoms with Crippen LogP contribution in [0.25, 0.3) is 33.6 Å². The van der Waals surface area contributed by atoms with Gasteiger partial charge in [0.1, 0.15) is 23.7 Å². The van der Waals surface area contributed by atoms with Gasteiger partial charge in [-0.2, -0.15) is 0 Å². The molecule has 2 saturated heterocycles. The summed E-state index contributed by atoms with van der Waals surface area (Å²) >= 11 is 0. The van der Waals surface area contributed by atoms with E-state index in [1.165, 1.54) is 7.11 Å². The Hall–Kier alpha value is -6.70. The van der Waals surface area contributed by atoms with Crippen LogP contribution in [0.5, 0.6) is 0 Å². The molecule has 0 bridgehead atoms. The van der Waals surface area contributed by atoms with Crippen molar-refractivity contribution in [1.29, 1.82) is 0 Å². The highest BCUT2D eigenvalue weighted by atomic mass is 16.5. The number of benzene rings is 3. The number of carbonyl (C=O) groups is 4. The molecule has 322 valence electrons. The van der Waals surface area contributed by atoms with Crippen LogP contribution in [0.4, 0.5) is 4.79 Å². The molecule has 4 amide bonds. The van der Waals surface area contributed by atoms with Crippen molar-refractivity contribution in [2.45, 2.75) is 70.1 Å². The Morgan fingerprint density at radius 3 is 1.84 bits per heavy atom. The Morgan fingerprint density at radius 1 is 0.710 bits per heavy atom. The van der Waals surface area contributed by atoms with Crippen molar-refractivity contribution in [3.63, 3.8) is 0 Å². The number of aromatic nitrogens is 4. The summed E-state index contributed by atoms with van der Waals surface area (Å²) in [6.07, 6.45) is 6.84. The van der Waals surface area contributed by atoms with Crippen molar-refractivity contribution in [3.05, 3.63) is 121 Å². The summed E-state index contributed by atoms with van der Waals surface area (Å²) in [5.74, 6) is 1.28. The molecule has 0 spiro atoms. The molecule has 5 aromatic rings. The summed E-state index contributed by atoms with van der Waals surface area (Å²) in [5, 5.41) is 5.75. The fourth-order valence-electron chi connectivity index (χ4n) is 8.63. The molecule has 5 atom stereocenters. The van der Waals surface area contributed by atoms with Gasteiger partial charge in [-0.25, -0.2) is 14.8 Å². The fraction of sp³-hybridized carbons (Fsp3) is 0.375. The van der Waals surface area contributed by atoms with Crippen LogP contribution >= 0.6 is 0 Å². The van der Waals surface area contributed by atoms with Gasteiger partial charge in [0.05, 0.1) is 55.8 Å². The molecular weight excluding hydrogens is 785 g/mol. The van der Waals surface area contributed by atoms with E-state index in [1.54, 1.807) is 29.3 Å². The Balaban J connectivity index is 0.953. The van der Waals surface area contributed by atoms with Gasteiger partial charge >= 0.3 is 6.09 Å². The van der Waals surface area contributed by atoms with Crippen molar-refractivity contribution in [2.75, 3.05) is 27.3 Å². The first-order valence-corrected chi connectivity index (χ1v) is 21.4. The zero-order valence-electron chi connectivity index (χ0n) is 35.6. The molecule has 0 radical (unpaired) electrons. The molecule has 8 rings (SSSR count). The summed E-state index contributed by atoms with van der Waals surface area (Å²) in [6, 6.07) is 23.8. The van der Waals surface area contributed by atoms with Crippen LogP contribution < -0.4 is 10.6 Å². The highest BCUT2D eigenvalue weighted by Gasteiger charge is 2.43. The molecule has 14 nitrogen and oxygen atoms in total. The summed E-state index contributed by atoms with van der Waals surface area (Å²) in [5.41, 5.74) is 6.40. The molecule has 3 aromatic carbocycles. The van der Waals surface area contributed by atoms with E-state index in [9.17, 15) is 19.2 Å². The van der Waals surface area contributed by atoms with E-state index in [2.05, 4.69) is 56.4 Å². The van der Waals surface area contributed by atoms with Crippen molar-refractivity contribution < 1.29 is 28.7 Å². The van der Waals surface area contributed by atoms with Crippen molar-refractivity contribution in [2.24, 2.45) is 17.8 Å². The number of amides is 4. The predicted octanol–water partition coefficient (Wildman–Crippen LogP) is 7.50. The summed E-state index contributed by atoms with van der Waals surface area (Å²) in [4.78, 5) is 73.1. The number of carbonyl (C=O) groups excluding carboxylic acids is 4. The molecule has 0 unspecified atom stereocenters. The van der Waals surface area contributed by atoms with Gasteiger partial charge in [-0.1, -0.05) is 99.3 Å². The number of methoxy groups -OCH3 is 2. The number of hydrogen-bond acceptors (Lipinski definition) is 8. The maximum absolute atomic E-state index is 14.4. The van der Waals surface area contributed by atoms with Crippen LogP contribution in [0.1, 0.15) is 81.3 Å². The Morgan fingerprint density at radius 2 is 1.29 bits per heavy atom. The standard InChI is InChI=1S/C48H54N8O6/c1-28(2)41(54-48(60)62-5)46(58)55-23-9-12-39(55)43-49-25-37(51-43)32-17-13-30(14-18-32)31-15-19-33(20-16-31)38-26-50-44(52-38)40-24-36(29(3)61-4)27-56(40)47(59)42(34-10-7-6-8-11-34)53-45(57)35-21-22-35/h6-8,10-11,13-20,25-26,28,35-36,39-42H,3,9,12,21-24,27H2,1-2,4-5H3,(H,49,51)(H,50,52)(H,53,57)(H,54,60)/t36-,39-,40-,41-,42+/m0/s1. The Labute approximate surface area is 361 Å². The number of likely N-dealkylation sites (tertiary alicyclic amines) is 2. The Bertz CT molecular complexity index is 2400. The van der Waals surface area contributed by atoms with Gasteiger partial charge in [0.2, 0.25) is 17.7 Å². The normalized spacial score (nSPS) is 19.5. The highest BCUT2D eigenvalue weighted by molar-refractivity contribution is 5.91. The third kappa shape index (κ3) is 8.86. The largest absolute Gasteiger partial charge is 0.501 e. The molecule has 2 aromatic heterocycles. The number of nitrogens with one attached hydrogen (secondary N) is 4. The lowest BCUT2D eigenvalue weighted by Crippen LogP contribution is -2.51. The van der Waals surface area contributed by atoms with E-state index >= 15 is 0 Å². The third-order valence-corrected chi connectivity index (χ3v) is 12.4. The number of ether oxygens (including phenoxy) is 2. The second kappa shape index (κ2) is 18.1. The highest BCUT2D eigenvalue weighted by Crippen LogP contribution is 2.40. The van der Waals surface area contributed by atoms with Crippen LogP contribution in [0.15, 0.2) is 104 Å². The Kier molecular flexibility index (Phi) is 12.3. The van der Waals surface area contributed by atoms with Crippen molar-refractivity contribution in [3.8, 4) is 33.6 Å². The van der Waals surface area contributed by atoms with Crippen molar-refractivity contribution in [1.82, 2.24) is 40.4 Å². The second-order valence-corrected chi connectivity index (χ2v) is 16.8. The number of alkyl carbamates (subject to hydrolysis) is 1. The first kappa shape index (κ1) is 42.0. The minimum absolute atomic E-state index is 0.0446. The van der Waals surface area contributed by atoms with Gasteiger partial charge in [-0.3, -0.25) is 14.4 Å². The van der Waals surface area contributed by atoms with Gasteiger partial charge in [0, 0.05) is 24.9 Å². The number of H-pyrrole nitrogens is 2. The van der Waals surface area contributed by atoms with Crippen LogP contribution in [-0.4, -0.2) is 86.9 Å². The van der Waals surface area contributed by atoms with E-state index < -0.39 is 18.2 Å². The lowest BCUT2D eigenvalue weighted by molar-refractivity contribution is -0.138. The van der Waals surface area contributed by atoms with Crippen LogP contribution in [0, 0.1) is 17.8 Å². The molecule has 3 aliphatic rings. The molecule has 1 saturated carbocycles. The van der Waals surface area contributed by atoms with E-state index in [0.717, 1.165) is 64.9 Å². The second-order valence-electron chi connectivity index (χ2n) is 16.8. The maximum Gasteiger partial charge on any atom is 0.407 e. The van der Waals surface area contributed by atoms with Gasteiger partial charge in [-0.05, 0) is 65.8 Å². The number of imidazole rings is 2. The first-order chi connectivity index (χ1) is 30.0. The summed E-state index contributed by atoms with van der Waals surface area (Å²) < 4.78 is 10.3. The zero-order chi connectivity index (χ0) is 43.5. The van der Waals surface area contributed by atoms with Crippen molar-refractivity contribution >= 4 is 23.8 Å². The molecule has 1 aliphatic carbocycles. The van der Waals surface area contributed by atoms with Gasteiger partial charge in [0.15, 0.2) is 0 Å². The molecule has 2 aliphatic heterocycles. The van der Waals surface area contributed by atoms with E-state index in [0.29, 0.717) is 36.9 Å². The lowest BCUT2D eigenvalue weighted by atomic mass is 10.0. The van der Waals surface area contributed by atoms with Gasteiger partial charge in [-0.15, -0.1) is 0 Å². The average Bonchev–Trinajstić information content (AvgIpc) is 3.71. The fourth-order valence-corrected chi connectivity index (χ4v) is 8.63. The average molecular weight is 839 g/mol. The summed E-state index contributed by atoms with van der Waals surface area (Å²) in [7, 11) is 2.88. The number of hydrogen-bond donors (Lipinski definition) is 4. The minimum atomic E-state index is -0.823. The number of rotatable bonds is 14. The van der Waals surface area contributed by atoms with Gasteiger partial charge in [0.25, 0.3) is 0 Å².